The Kier molecular flexibility index (Phi) is 5.27. The number of pyridine rings is 1. The van der Waals surface area contributed by atoms with Crippen LogP contribution < -0.4 is 10.1 Å². The Balaban J connectivity index is 1.34. The third-order valence-corrected chi connectivity index (χ3v) is 5.55. The molecule has 1 saturated heterocycles. The summed E-state index contributed by atoms with van der Waals surface area (Å²) in [5, 5.41) is 2.97. The number of nitrogens with one attached hydrogen (secondary N) is 1. The molecular weight excluding hydrogens is 342 g/mol. The van der Waals surface area contributed by atoms with Crippen molar-refractivity contribution >= 4 is 11.7 Å². The number of hydrogen-bond acceptors (Lipinski definition) is 4. The number of aromatic nitrogens is 3. The minimum atomic E-state index is -0.0680. The molecule has 1 aliphatic carbocycles. The smallest absolute Gasteiger partial charge is 0.322 e. The molecule has 144 valence electrons. The Hall–Kier alpha value is -2.57. The highest BCUT2D eigenvalue weighted by Crippen LogP contribution is 2.24. The van der Waals surface area contributed by atoms with Gasteiger partial charge < -0.3 is 19.5 Å². The molecule has 27 heavy (non-hydrogen) atoms. The van der Waals surface area contributed by atoms with Gasteiger partial charge >= 0.3 is 6.03 Å². The molecule has 2 aromatic heterocycles. The van der Waals surface area contributed by atoms with Crippen LogP contribution in [0.3, 0.4) is 0 Å². The molecule has 1 saturated carbocycles. The predicted molar refractivity (Wildman–Crippen MR) is 103 cm³/mol. The zero-order valence-electron chi connectivity index (χ0n) is 15.8. The fraction of sp³-hybridized carbons (Fsp3) is 0.550. The van der Waals surface area contributed by atoms with Crippen molar-refractivity contribution in [1.82, 2.24) is 19.4 Å². The molecule has 1 atom stereocenters. The molecule has 3 heterocycles. The molecule has 4 rings (SSSR count). The number of likely N-dealkylation sites (tertiary alicyclic amines) is 1. The Morgan fingerprint density at radius 2 is 2.07 bits per heavy atom. The van der Waals surface area contributed by atoms with E-state index in [4.69, 9.17) is 4.74 Å². The maximum Gasteiger partial charge on any atom is 0.322 e. The Morgan fingerprint density at radius 1 is 1.22 bits per heavy atom. The summed E-state index contributed by atoms with van der Waals surface area (Å²) in [6, 6.07) is 3.82. The van der Waals surface area contributed by atoms with Gasteiger partial charge in [0, 0.05) is 31.5 Å². The lowest BCUT2D eigenvalue weighted by Crippen LogP contribution is -2.40. The second kappa shape index (κ2) is 7.98. The summed E-state index contributed by atoms with van der Waals surface area (Å²) in [5.41, 5.74) is 0.697. The van der Waals surface area contributed by atoms with Gasteiger partial charge in [0.25, 0.3) is 0 Å². The van der Waals surface area contributed by atoms with Gasteiger partial charge in [0.15, 0.2) is 0 Å². The Labute approximate surface area is 159 Å². The SMILES string of the molecule is Cc1nccn1CC1CCCN1C(=O)Nc1ccc(OC2CCCC2)nc1. The third-order valence-electron chi connectivity index (χ3n) is 5.55. The molecule has 0 bridgehead atoms. The lowest BCUT2D eigenvalue weighted by Gasteiger charge is -2.25. The van der Waals surface area contributed by atoms with E-state index in [9.17, 15) is 4.79 Å². The molecule has 1 N–H and O–H groups in total. The Morgan fingerprint density at radius 3 is 2.78 bits per heavy atom. The first kappa shape index (κ1) is 17.8. The van der Waals surface area contributed by atoms with Crippen LogP contribution in [0, 0.1) is 6.92 Å². The molecule has 2 aliphatic rings. The molecule has 0 aromatic carbocycles. The number of urea groups is 1. The minimum Gasteiger partial charge on any atom is -0.474 e. The highest BCUT2D eigenvalue weighted by atomic mass is 16.5. The largest absolute Gasteiger partial charge is 0.474 e. The monoisotopic (exact) mass is 369 g/mol. The molecule has 2 amide bonds. The summed E-state index contributed by atoms with van der Waals surface area (Å²) in [7, 11) is 0. The number of aryl methyl sites for hydroxylation is 1. The summed E-state index contributed by atoms with van der Waals surface area (Å²) in [6.07, 6.45) is 12.4. The molecular formula is C20H27N5O2. The summed E-state index contributed by atoms with van der Waals surface area (Å²) in [4.78, 5) is 23.3. The van der Waals surface area contributed by atoms with Gasteiger partial charge in [0.1, 0.15) is 11.9 Å². The van der Waals surface area contributed by atoms with Gasteiger partial charge in [0.2, 0.25) is 5.88 Å². The summed E-state index contributed by atoms with van der Waals surface area (Å²) in [6.45, 7) is 3.55. The van der Waals surface area contributed by atoms with Gasteiger partial charge in [-0.2, -0.15) is 0 Å². The maximum atomic E-state index is 12.7. The Bertz CT molecular complexity index is 767. The zero-order chi connectivity index (χ0) is 18.6. The number of hydrogen-bond donors (Lipinski definition) is 1. The first-order chi connectivity index (χ1) is 13.2. The quantitative estimate of drug-likeness (QED) is 0.874. The molecule has 7 nitrogen and oxygen atoms in total. The van der Waals surface area contributed by atoms with Crippen LogP contribution in [0.25, 0.3) is 0 Å². The van der Waals surface area contributed by atoms with Gasteiger partial charge in [-0.15, -0.1) is 0 Å². The van der Waals surface area contributed by atoms with Crippen molar-refractivity contribution in [2.45, 2.75) is 64.1 Å². The van der Waals surface area contributed by atoms with Crippen LogP contribution in [0.2, 0.25) is 0 Å². The van der Waals surface area contributed by atoms with Gasteiger partial charge in [-0.25, -0.2) is 14.8 Å². The van der Waals surface area contributed by atoms with Crippen molar-refractivity contribution in [3.8, 4) is 5.88 Å². The van der Waals surface area contributed by atoms with Crippen LogP contribution in [0.5, 0.6) is 5.88 Å². The van der Waals surface area contributed by atoms with Crippen LogP contribution in [-0.2, 0) is 6.54 Å². The fourth-order valence-electron chi connectivity index (χ4n) is 4.01. The van der Waals surface area contributed by atoms with Crippen LogP contribution >= 0.6 is 0 Å². The van der Waals surface area contributed by atoms with E-state index in [0.717, 1.165) is 44.6 Å². The highest BCUT2D eigenvalue weighted by molar-refractivity contribution is 5.89. The number of ether oxygens (including phenoxy) is 1. The molecule has 7 heteroatoms. The average molecular weight is 369 g/mol. The molecule has 2 aromatic rings. The number of carbonyl (C=O) groups is 1. The fourth-order valence-corrected chi connectivity index (χ4v) is 4.01. The van der Waals surface area contributed by atoms with Gasteiger partial charge in [-0.05, 0) is 51.5 Å². The zero-order valence-corrected chi connectivity index (χ0v) is 15.8. The normalized spacial score (nSPS) is 20.2. The van der Waals surface area contributed by atoms with Crippen molar-refractivity contribution in [3.05, 3.63) is 36.5 Å². The number of amides is 2. The highest BCUT2D eigenvalue weighted by Gasteiger charge is 2.29. The first-order valence-corrected chi connectivity index (χ1v) is 9.87. The van der Waals surface area contributed by atoms with E-state index in [-0.39, 0.29) is 18.2 Å². The predicted octanol–water partition coefficient (Wildman–Crippen LogP) is 3.60. The van der Waals surface area contributed by atoms with Crippen molar-refractivity contribution in [1.29, 1.82) is 0 Å². The van der Waals surface area contributed by atoms with E-state index < -0.39 is 0 Å². The van der Waals surface area contributed by atoms with E-state index in [1.54, 1.807) is 12.4 Å². The van der Waals surface area contributed by atoms with E-state index in [0.29, 0.717) is 11.6 Å². The van der Waals surface area contributed by atoms with Crippen molar-refractivity contribution < 1.29 is 9.53 Å². The molecule has 0 radical (unpaired) electrons. The molecule has 0 spiro atoms. The van der Waals surface area contributed by atoms with Crippen molar-refractivity contribution in [3.63, 3.8) is 0 Å². The van der Waals surface area contributed by atoms with Crippen molar-refractivity contribution in [2.24, 2.45) is 0 Å². The lowest BCUT2D eigenvalue weighted by atomic mass is 10.2. The second-order valence-corrected chi connectivity index (χ2v) is 7.46. The van der Waals surface area contributed by atoms with Crippen LogP contribution in [0.1, 0.15) is 44.3 Å². The number of rotatable bonds is 5. The summed E-state index contributed by atoms with van der Waals surface area (Å²) >= 11 is 0. The van der Waals surface area contributed by atoms with Crippen LogP contribution in [0.4, 0.5) is 10.5 Å². The second-order valence-electron chi connectivity index (χ2n) is 7.46. The topological polar surface area (TPSA) is 72.3 Å². The number of carbonyl (C=O) groups excluding carboxylic acids is 1. The number of nitrogens with zero attached hydrogens (tertiary/aromatic N) is 4. The van der Waals surface area contributed by atoms with Gasteiger partial charge in [-0.3, -0.25) is 0 Å². The standard InChI is InChI=1S/C20H27N5O2/c1-15-21-10-12-24(15)14-17-5-4-11-25(17)20(26)23-16-8-9-19(22-13-16)27-18-6-2-3-7-18/h8-10,12-13,17-18H,2-7,11,14H2,1H3,(H,23,26). The summed E-state index contributed by atoms with van der Waals surface area (Å²) < 4.78 is 7.98. The minimum absolute atomic E-state index is 0.0680. The van der Waals surface area contributed by atoms with E-state index in [1.807, 2.05) is 30.2 Å². The number of anilines is 1. The first-order valence-electron chi connectivity index (χ1n) is 9.87. The summed E-state index contributed by atoms with van der Waals surface area (Å²) in [5.74, 6) is 1.61. The molecule has 1 aliphatic heterocycles. The van der Waals surface area contributed by atoms with E-state index in [2.05, 4.69) is 19.9 Å². The average Bonchev–Trinajstić information content (AvgIpc) is 3.41. The van der Waals surface area contributed by atoms with Crippen molar-refractivity contribution in [2.75, 3.05) is 11.9 Å². The molecule has 1 unspecified atom stereocenters. The van der Waals surface area contributed by atoms with Gasteiger partial charge in [-0.1, -0.05) is 0 Å². The molecule has 2 fully saturated rings. The van der Waals surface area contributed by atoms with Crippen LogP contribution in [0.15, 0.2) is 30.7 Å². The van der Waals surface area contributed by atoms with Crippen LogP contribution in [-0.4, -0.2) is 44.2 Å². The number of imidazole rings is 1. The van der Waals surface area contributed by atoms with E-state index >= 15 is 0 Å². The maximum absolute atomic E-state index is 12.7. The van der Waals surface area contributed by atoms with E-state index in [1.165, 1.54) is 12.8 Å². The lowest BCUT2D eigenvalue weighted by molar-refractivity contribution is 0.200. The third kappa shape index (κ3) is 4.23. The van der Waals surface area contributed by atoms with Gasteiger partial charge in [0.05, 0.1) is 17.9 Å².